The fourth-order valence-corrected chi connectivity index (χ4v) is 2.39. The first-order valence-electron chi connectivity index (χ1n) is 5.42. The molecule has 0 aliphatic heterocycles. The number of phenols is 1. The van der Waals surface area contributed by atoms with Crippen LogP contribution < -0.4 is 5.32 Å². The molecule has 0 saturated heterocycles. The molecule has 2 N–H and O–H groups in total. The first-order valence-corrected chi connectivity index (χ1v) is 7.34. The van der Waals surface area contributed by atoms with Gasteiger partial charge in [0.1, 0.15) is 5.75 Å². The number of benzene rings is 1. The lowest BCUT2D eigenvalue weighted by Gasteiger charge is -2.17. The monoisotopic (exact) mass is 379 g/mol. The van der Waals surface area contributed by atoms with Gasteiger partial charge >= 0.3 is 0 Å². The number of aromatic hydroxyl groups is 1. The lowest BCUT2D eigenvalue weighted by molar-refractivity contribution is 0.0893. The lowest BCUT2D eigenvalue weighted by Crippen LogP contribution is -2.38. The molecule has 0 bridgehead atoms. The lowest BCUT2D eigenvalue weighted by atomic mass is 10.1. The number of carbonyl (C=O) groups excluding carboxylic acids is 1. The molecule has 1 amide bonds. The number of ether oxygens (including phenoxy) is 1. The minimum Gasteiger partial charge on any atom is -0.507 e. The van der Waals surface area contributed by atoms with Crippen LogP contribution >= 0.6 is 31.9 Å². The highest BCUT2D eigenvalue weighted by molar-refractivity contribution is 9.10. The molecule has 0 spiro atoms. The van der Waals surface area contributed by atoms with Crippen LogP contribution in [0, 0.1) is 0 Å². The van der Waals surface area contributed by atoms with Gasteiger partial charge in [0.2, 0.25) is 0 Å². The topological polar surface area (TPSA) is 58.6 Å². The second-order valence-corrected chi connectivity index (χ2v) is 5.47. The van der Waals surface area contributed by atoms with Crippen molar-refractivity contribution in [3.05, 3.63) is 28.2 Å². The summed E-state index contributed by atoms with van der Waals surface area (Å²) in [7, 11) is 1.59. The number of rotatable bonds is 6. The smallest absolute Gasteiger partial charge is 0.255 e. The molecule has 0 aromatic heterocycles. The predicted molar refractivity (Wildman–Crippen MR) is 77.3 cm³/mol. The van der Waals surface area contributed by atoms with Crippen molar-refractivity contribution in [1.82, 2.24) is 5.32 Å². The minimum absolute atomic E-state index is 0.0446. The highest BCUT2D eigenvalue weighted by Gasteiger charge is 2.16. The molecule has 4 nitrogen and oxygen atoms in total. The molecule has 0 radical (unpaired) electrons. The molecule has 0 saturated carbocycles. The number of methoxy groups -OCH3 is 1. The van der Waals surface area contributed by atoms with Gasteiger partial charge in [0, 0.05) is 16.9 Å². The fraction of sp³-hybridized carbons (Fsp3) is 0.417. The maximum atomic E-state index is 12.0. The predicted octanol–water partition coefficient (Wildman–Crippen LogP) is 2.68. The van der Waals surface area contributed by atoms with Gasteiger partial charge in [0.15, 0.2) is 0 Å². The molecule has 1 atom stereocenters. The van der Waals surface area contributed by atoms with Crippen molar-refractivity contribution >= 4 is 37.8 Å². The van der Waals surface area contributed by atoms with E-state index in [0.717, 1.165) is 16.2 Å². The van der Waals surface area contributed by atoms with Crippen LogP contribution in [-0.2, 0) is 4.74 Å². The number of hydrogen-bond acceptors (Lipinski definition) is 3. The van der Waals surface area contributed by atoms with E-state index in [1.165, 1.54) is 6.07 Å². The molecule has 0 aliphatic rings. The van der Waals surface area contributed by atoms with Gasteiger partial charge in [-0.15, -0.1) is 0 Å². The van der Waals surface area contributed by atoms with E-state index >= 15 is 0 Å². The summed E-state index contributed by atoms with van der Waals surface area (Å²) in [6, 6.07) is 4.70. The Kier molecular flexibility index (Phi) is 6.67. The molecule has 18 heavy (non-hydrogen) atoms. The van der Waals surface area contributed by atoms with Crippen LogP contribution in [0.15, 0.2) is 22.7 Å². The molecule has 0 fully saturated rings. The van der Waals surface area contributed by atoms with E-state index in [4.69, 9.17) is 4.74 Å². The van der Waals surface area contributed by atoms with Crippen LogP contribution in [0.3, 0.4) is 0 Å². The maximum absolute atomic E-state index is 12.0. The van der Waals surface area contributed by atoms with E-state index < -0.39 is 0 Å². The van der Waals surface area contributed by atoms with Gasteiger partial charge in [0.25, 0.3) is 5.91 Å². The molecule has 1 aromatic rings. The van der Waals surface area contributed by atoms with E-state index in [2.05, 4.69) is 37.2 Å². The molecule has 100 valence electrons. The molecule has 1 rings (SSSR count). The fourth-order valence-electron chi connectivity index (χ4n) is 1.49. The summed E-state index contributed by atoms with van der Waals surface area (Å²) in [5.41, 5.74) is 0.258. The van der Waals surface area contributed by atoms with E-state index in [-0.39, 0.29) is 23.3 Å². The van der Waals surface area contributed by atoms with E-state index in [1.54, 1.807) is 19.2 Å². The van der Waals surface area contributed by atoms with Gasteiger partial charge in [-0.25, -0.2) is 0 Å². The van der Waals surface area contributed by atoms with Gasteiger partial charge in [-0.3, -0.25) is 4.79 Å². The summed E-state index contributed by atoms with van der Waals surface area (Å²) in [4.78, 5) is 12.0. The second kappa shape index (κ2) is 7.76. The SMILES string of the molecule is COCC(CCBr)NC(=O)c1ccc(Br)cc1O. The van der Waals surface area contributed by atoms with Crippen molar-refractivity contribution in [3.8, 4) is 5.75 Å². The Hall–Kier alpha value is -0.590. The molecule has 0 heterocycles. The van der Waals surface area contributed by atoms with Gasteiger partial charge in [-0.05, 0) is 24.6 Å². The summed E-state index contributed by atoms with van der Waals surface area (Å²) < 4.78 is 5.76. The second-order valence-electron chi connectivity index (χ2n) is 3.76. The average Bonchev–Trinajstić information content (AvgIpc) is 2.29. The Balaban J connectivity index is 2.73. The van der Waals surface area contributed by atoms with E-state index in [0.29, 0.717) is 6.61 Å². The van der Waals surface area contributed by atoms with Crippen molar-refractivity contribution in [2.75, 3.05) is 19.0 Å². The van der Waals surface area contributed by atoms with Crippen LogP contribution in [-0.4, -0.2) is 36.1 Å². The van der Waals surface area contributed by atoms with Crippen molar-refractivity contribution < 1.29 is 14.6 Å². The number of carbonyl (C=O) groups is 1. The van der Waals surface area contributed by atoms with Gasteiger partial charge in [-0.1, -0.05) is 31.9 Å². The number of amides is 1. The molecular weight excluding hydrogens is 366 g/mol. The first kappa shape index (κ1) is 15.5. The van der Waals surface area contributed by atoms with Gasteiger partial charge in [0.05, 0.1) is 18.2 Å². The summed E-state index contributed by atoms with van der Waals surface area (Å²) in [6.45, 7) is 0.439. The maximum Gasteiger partial charge on any atom is 0.255 e. The number of halogens is 2. The number of phenolic OH excluding ortho intramolecular Hbond substituents is 1. The number of hydrogen-bond donors (Lipinski definition) is 2. The van der Waals surface area contributed by atoms with Gasteiger partial charge in [-0.2, -0.15) is 0 Å². The molecular formula is C12H15Br2NO3. The quantitative estimate of drug-likeness (QED) is 0.746. The van der Waals surface area contributed by atoms with Crippen LogP contribution in [0.25, 0.3) is 0 Å². The highest BCUT2D eigenvalue weighted by Crippen LogP contribution is 2.22. The Morgan fingerprint density at radius 3 is 2.83 bits per heavy atom. The first-order chi connectivity index (χ1) is 8.58. The summed E-state index contributed by atoms with van der Waals surface area (Å²) in [6.07, 6.45) is 0.761. The van der Waals surface area contributed by atoms with Crippen molar-refractivity contribution in [2.45, 2.75) is 12.5 Å². The third kappa shape index (κ3) is 4.59. The Morgan fingerprint density at radius 2 is 2.28 bits per heavy atom. The number of nitrogens with one attached hydrogen (secondary N) is 1. The van der Waals surface area contributed by atoms with Crippen molar-refractivity contribution in [2.24, 2.45) is 0 Å². The van der Waals surface area contributed by atoms with Gasteiger partial charge < -0.3 is 15.2 Å². The van der Waals surface area contributed by atoms with Crippen molar-refractivity contribution in [1.29, 1.82) is 0 Å². The zero-order valence-corrected chi connectivity index (χ0v) is 13.1. The normalized spacial score (nSPS) is 12.2. The van der Waals surface area contributed by atoms with Crippen LogP contribution in [0.5, 0.6) is 5.75 Å². The van der Waals surface area contributed by atoms with E-state index in [1.807, 2.05) is 0 Å². The Morgan fingerprint density at radius 1 is 1.56 bits per heavy atom. The highest BCUT2D eigenvalue weighted by atomic mass is 79.9. The molecule has 6 heteroatoms. The molecule has 1 aromatic carbocycles. The summed E-state index contributed by atoms with van der Waals surface area (Å²) >= 11 is 6.56. The van der Waals surface area contributed by atoms with Crippen LogP contribution in [0.2, 0.25) is 0 Å². The number of alkyl halides is 1. The third-order valence-corrected chi connectivity index (χ3v) is 3.32. The largest absolute Gasteiger partial charge is 0.507 e. The third-order valence-electron chi connectivity index (χ3n) is 2.37. The minimum atomic E-state index is -0.303. The Labute approximate surface area is 123 Å². The average molecular weight is 381 g/mol. The van der Waals surface area contributed by atoms with E-state index in [9.17, 15) is 9.90 Å². The zero-order valence-electron chi connectivity index (χ0n) is 9.95. The summed E-state index contributed by atoms with van der Waals surface area (Å²) in [5.74, 6) is -0.347. The molecule has 1 unspecified atom stereocenters. The van der Waals surface area contributed by atoms with Crippen molar-refractivity contribution in [3.63, 3.8) is 0 Å². The van der Waals surface area contributed by atoms with Crippen LogP contribution in [0.1, 0.15) is 16.8 Å². The zero-order chi connectivity index (χ0) is 13.5. The summed E-state index contributed by atoms with van der Waals surface area (Å²) in [5, 5.41) is 13.3. The Bertz CT molecular complexity index is 406. The molecule has 0 aliphatic carbocycles. The standard InChI is InChI=1S/C12H15Br2NO3/c1-18-7-9(4-5-13)15-12(17)10-3-2-8(14)6-11(10)16/h2-3,6,9,16H,4-5,7H2,1H3,(H,15,17). The van der Waals surface area contributed by atoms with Crippen LogP contribution in [0.4, 0.5) is 0 Å².